The van der Waals surface area contributed by atoms with Gasteiger partial charge in [-0.1, -0.05) is 42.5 Å². The van der Waals surface area contributed by atoms with Crippen LogP contribution in [0.15, 0.2) is 60.2 Å². The number of fused-ring (bicyclic) bond motifs is 2. The van der Waals surface area contributed by atoms with Crippen molar-refractivity contribution in [3.63, 3.8) is 0 Å². The topological polar surface area (TPSA) is 114 Å². The summed E-state index contributed by atoms with van der Waals surface area (Å²) < 4.78 is 11.1. The van der Waals surface area contributed by atoms with Gasteiger partial charge in [-0.25, -0.2) is 0 Å². The van der Waals surface area contributed by atoms with Gasteiger partial charge in [-0.2, -0.15) is 5.10 Å². The number of rotatable bonds is 7. The summed E-state index contributed by atoms with van der Waals surface area (Å²) in [6.07, 6.45) is 0. The Bertz CT molecular complexity index is 1460. The second kappa shape index (κ2) is 11.0. The van der Waals surface area contributed by atoms with Crippen molar-refractivity contribution in [2.45, 2.75) is 32.7 Å². The predicted molar refractivity (Wildman–Crippen MR) is 152 cm³/mol. The highest BCUT2D eigenvalue weighted by atomic mass is 16.5. The monoisotopic (exact) mass is 542 g/mol. The number of Topliss-reactive ketones (excluding diaryl/α,β-unsaturated/α-hetero) is 1. The summed E-state index contributed by atoms with van der Waals surface area (Å²) in [5.74, 6) is -3.97. The van der Waals surface area contributed by atoms with E-state index in [1.807, 2.05) is 80.5 Å². The maximum Gasteiger partial charge on any atom is 0.317 e. The Hall–Kier alpha value is -4.40. The molecule has 3 aromatic rings. The molecule has 0 fully saturated rings. The minimum Gasteiger partial charge on any atom is -0.466 e. The molecule has 5 rings (SSSR count). The van der Waals surface area contributed by atoms with Crippen LogP contribution in [0.4, 0.5) is 11.5 Å². The average molecular weight is 543 g/mol. The van der Waals surface area contributed by atoms with E-state index in [9.17, 15) is 14.4 Å². The molecule has 1 aliphatic heterocycles. The SMILES string of the molecule is CCOC(=O)C1C(=O)C2=C(c3c(n[nH]c3C)NC2c2ccc(N(C)C)cc2)C(C(=O)OCC)C1c1ccccc1. The number of H-pyrrole nitrogens is 1. The van der Waals surface area contributed by atoms with Gasteiger partial charge in [0.15, 0.2) is 11.6 Å². The van der Waals surface area contributed by atoms with Gasteiger partial charge in [0.1, 0.15) is 5.92 Å². The predicted octanol–water partition coefficient (Wildman–Crippen LogP) is 4.43. The first kappa shape index (κ1) is 27.2. The van der Waals surface area contributed by atoms with Crippen LogP contribution in [-0.2, 0) is 23.9 Å². The minimum absolute atomic E-state index is 0.110. The molecule has 40 heavy (non-hydrogen) atoms. The molecule has 2 heterocycles. The van der Waals surface area contributed by atoms with Gasteiger partial charge in [0.05, 0.1) is 25.2 Å². The lowest BCUT2D eigenvalue weighted by Crippen LogP contribution is -2.46. The number of aryl methyl sites for hydroxylation is 1. The van der Waals surface area contributed by atoms with Crippen LogP contribution < -0.4 is 10.2 Å². The van der Waals surface area contributed by atoms with Crippen molar-refractivity contribution < 1.29 is 23.9 Å². The lowest BCUT2D eigenvalue weighted by molar-refractivity contribution is -0.154. The second-order valence-electron chi connectivity index (χ2n) is 10.2. The lowest BCUT2D eigenvalue weighted by atomic mass is 9.61. The van der Waals surface area contributed by atoms with Gasteiger partial charge < -0.3 is 19.7 Å². The zero-order chi connectivity index (χ0) is 28.6. The van der Waals surface area contributed by atoms with Crippen LogP contribution in [0.2, 0.25) is 0 Å². The molecule has 9 nitrogen and oxygen atoms in total. The summed E-state index contributed by atoms with van der Waals surface area (Å²) in [6, 6.07) is 16.4. The number of aromatic amines is 1. The Balaban J connectivity index is 1.81. The highest BCUT2D eigenvalue weighted by Crippen LogP contribution is 2.55. The van der Waals surface area contributed by atoms with Crippen molar-refractivity contribution in [3.8, 4) is 0 Å². The molecular formula is C31H34N4O5. The molecule has 0 amide bonds. The van der Waals surface area contributed by atoms with E-state index in [0.717, 1.165) is 11.3 Å². The van der Waals surface area contributed by atoms with E-state index in [-0.39, 0.29) is 19.0 Å². The number of anilines is 2. The van der Waals surface area contributed by atoms with Gasteiger partial charge in [0.2, 0.25) is 0 Å². The van der Waals surface area contributed by atoms with E-state index in [0.29, 0.717) is 33.8 Å². The zero-order valence-electron chi connectivity index (χ0n) is 23.4. The van der Waals surface area contributed by atoms with Gasteiger partial charge in [0.25, 0.3) is 0 Å². The lowest BCUT2D eigenvalue weighted by Gasteiger charge is -2.42. The highest BCUT2D eigenvalue weighted by molar-refractivity contribution is 6.19. The molecule has 0 bridgehead atoms. The molecule has 1 aliphatic carbocycles. The number of ether oxygens (including phenoxy) is 2. The number of esters is 2. The molecule has 0 saturated heterocycles. The first-order valence-corrected chi connectivity index (χ1v) is 13.5. The largest absolute Gasteiger partial charge is 0.466 e. The van der Waals surface area contributed by atoms with Crippen LogP contribution in [0.25, 0.3) is 5.57 Å². The van der Waals surface area contributed by atoms with Crippen LogP contribution in [0.3, 0.4) is 0 Å². The molecule has 4 unspecified atom stereocenters. The van der Waals surface area contributed by atoms with Gasteiger partial charge in [-0.05, 0) is 49.6 Å². The Morgan fingerprint density at radius 3 is 2.10 bits per heavy atom. The number of aromatic nitrogens is 2. The van der Waals surface area contributed by atoms with Crippen LogP contribution in [0.1, 0.15) is 48.2 Å². The number of hydrogen-bond acceptors (Lipinski definition) is 8. The number of ketones is 1. The number of carbonyl (C=O) groups excluding carboxylic acids is 3. The van der Waals surface area contributed by atoms with Gasteiger partial charge in [-0.15, -0.1) is 0 Å². The van der Waals surface area contributed by atoms with E-state index in [1.165, 1.54) is 0 Å². The molecular weight excluding hydrogens is 508 g/mol. The second-order valence-corrected chi connectivity index (χ2v) is 10.2. The van der Waals surface area contributed by atoms with Crippen LogP contribution >= 0.6 is 0 Å². The third-order valence-corrected chi connectivity index (χ3v) is 7.66. The van der Waals surface area contributed by atoms with Crippen LogP contribution in [0.5, 0.6) is 0 Å². The molecule has 4 atom stereocenters. The fourth-order valence-electron chi connectivity index (χ4n) is 5.92. The highest BCUT2D eigenvalue weighted by Gasteiger charge is 2.55. The van der Waals surface area contributed by atoms with Crippen molar-refractivity contribution in [1.29, 1.82) is 0 Å². The quantitative estimate of drug-likeness (QED) is 0.333. The molecule has 0 radical (unpaired) electrons. The minimum atomic E-state index is -1.23. The first-order chi connectivity index (χ1) is 19.3. The molecule has 2 aromatic carbocycles. The normalized spacial score (nSPS) is 21.7. The third kappa shape index (κ3) is 4.55. The summed E-state index contributed by atoms with van der Waals surface area (Å²) in [6.45, 7) is 5.56. The van der Waals surface area contributed by atoms with Crippen molar-refractivity contribution in [1.82, 2.24) is 10.2 Å². The molecule has 2 aliphatic rings. The Labute approximate surface area is 233 Å². The van der Waals surface area contributed by atoms with Crippen LogP contribution in [0, 0.1) is 18.8 Å². The molecule has 9 heteroatoms. The van der Waals surface area contributed by atoms with Crippen molar-refractivity contribution in [2.24, 2.45) is 11.8 Å². The average Bonchev–Trinajstić information content (AvgIpc) is 3.33. The number of carbonyl (C=O) groups is 3. The number of nitrogens with zero attached hydrogens (tertiary/aromatic N) is 2. The fourth-order valence-corrected chi connectivity index (χ4v) is 5.92. The Morgan fingerprint density at radius 1 is 0.875 bits per heavy atom. The van der Waals surface area contributed by atoms with E-state index in [2.05, 4.69) is 15.5 Å². The number of benzene rings is 2. The molecule has 2 N–H and O–H groups in total. The van der Waals surface area contributed by atoms with E-state index in [4.69, 9.17) is 9.47 Å². The van der Waals surface area contributed by atoms with Gasteiger partial charge in [-0.3, -0.25) is 19.5 Å². The van der Waals surface area contributed by atoms with Crippen molar-refractivity contribution >= 4 is 34.8 Å². The molecule has 208 valence electrons. The van der Waals surface area contributed by atoms with E-state index >= 15 is 0 Å². The fraction of sp³-hybridized carbons (Fsp3) is 0.355. The first-order valence-electron chi connectivity index (χ1n) is 13.5. The Kier molecular flexibility index (Phi) is 7.47. The van der Waals surface area contributed by atoms with E-state index < -0.39 is 35.7 Å². The summed E-state index contributed by atoms with van der Waals surface area (Å²) >= 11 is 0. The zero-order valence-corrected chi connectivity index (χ0v) is 23.4. The molecule has 0 spiro atoms. The maximum absolute atomic E-state index is 14.6. The summed E-state index contributed by atoms with van der Waals surface area (Å²) in [4.78, 5) is 44.0. The van der Waals surface area contributed by atoms with Crippen LogP contribution in [-0.4, -0.2) is 55.2 Å². The number of nitrogens with one attached hydrogen (secondary N) is 2. The third-order valence-electron chi connectivity index (χ3n) is 7.66. The standard InChI is InChI=1S/C31H34N4O5/c1-6-39-30(37)24-22(18-11-9-8-10-12-18)26(31(38)40-7-2)28(36)25-23(24)21-17(3)33-34-29(21)32-27(25)19-13-15-20(16-14-19)35(4)5/h8-16,22,24,26-27H,6-7H2,1-5H3,(H2,32,33,34). The summed E-state index contributed by atoms with van der Waals surface area (Å²) in [5.41, 5.74) is 4.76. The Morgan fingerprint density at radius 2 is 1.50 bits per heavy atom. The van der Waals surface area contributed by atoms with E-state index in [1.54, 1.807) is 13.8 Å². The maximum atomic E-state index is 14.6. The van der Waals surface area contributed by atoms with Gasteiger partial charge in [0, 0.05) is 42.5 Å². The summed E-state index contributed by atoms with van der Waals surface area (Å²) in [7, 11) is 3.91. The number of hydrogen-bond donors (Lipinski definition) is 2. The van der Waals surface area contributed by atoms with Crippen molar-refractivity contribution in [2.75, 3.05) is 37.5 Å². The molecule has 1 aromatic heterocycles. The smallest absolute Gasteiger partial charge is 0.317 e. The molecule has 0 saturated carbocycles. The summed E-state index contributed by atoms with van der Waals surface area (Å²) in [5, 5.41) is 10.9. The van der Waals surface area contributed by atoms with Gasteiger partial charge >= 0.3 is 11.9 Å². The van der Waals surface area contributed by atoms with Crippen molar-refractivity contribution in [3.05, 3.63) is 82.6 Å².